The normalized spacial score (nSPS) is 17.5. The molecule has 4 heterocycles. The maximum Gasteiger partial charge on any atom is 0.415 e. The molecule has 268 valence electrons. The fourth-order valence-electron chi connectivity index (χ4n) is 6.99. The van der Waals surface area contributed by atoms with E-state index in [-0.39, 0.29) is 17.6 Å². The van der Waals surface area contributed by atoms with Crippen LogP contribution in [0.15, 0.2) is 24.5 Å². The summed E-state index contributed by atoms with van der Waals surface area (Å²) in [6, 6.07) is 3.72. The Morgan fingerprint density at radius 1 is 0.900 bits per heavy atom. The average molecular weight is 708 g/mol. The first-order valence-electron chi connectivity index (χ1n) is 17.1. The first kappa shape index (κ1) is 35.5. The molecule has 13 heteroatoms. The lowest BCUT2D eigenvalue weighted by molar-refractivity contribution is -0.0717. The van der Waals surface area contributed by atoms with Crippen LogP contribution in [-0.4, -0.2) is 76.7 Å². The van der Waals surface area contributed by atoms with Gasteiger partial charge in [0, 0.05) is 42.0 Å². The van der Waals surface area contributed by atoms with Crippen molar-refractivity contribution < 1.29 is 33.3 Å². The van der Waals surface area contributed by atoms with Crippen LogP contribution in [-0.2, 0) is 14.2 Å². The van der Waals surface area contributed by atoms with E-state index in [0.717, 1.165) is 58.7 Å². The standard InChI is InChI=1S/C37H46ClN5O7/c1-21-26-19-39-28(41-32(44)48-24-17-37(18-24)9-11-42(12-10-37)33(45)49-35(3,4)5)16-23(26)15-25(29(21)38)27-20-40-31-30(22(27)2)43(13-14-47-31)34(46)50-36(6,7)8/h15-16,19-20,24H,9-14,17-18H2,1-8H3,(H,39,41,44). The molecule has 0 atom stereocenters. The van der Waals surface area contributed by atoms with Crippen molar-refractivity contribution in [2.24, 2.45) is 5.41 Å². The Labute approximate surface area is 297 Å². The number of nitrogens with zero attached hydrogens (tertiary/aromatic N) is 4. The van der Waals surface area contributed by atoms with Gasteiger partial charge in [-0.1, -0.05) is 11.6 Å². The summed E-state index contributed by atoms with van der Waals surface area (Å²) in [4.78, 5) is 50.9. The summed E-state index contributed by atoms with van der Waals surface area (Å²) in [5.41, 5.74) is 2.48. The molecule has 3 aromatic rings. The van der Waals surface area contributed by atoms with Gasteiger partial charge in [-0.15, -0.1) is 0 Å². The Hall–Kier alpha value is -4.32. The van der Waals surface area contributed by atoms with Gasteiger partial charge in [-0.05, 0) is 115 Å². The summed E-state index contributed by atoms with van der Waals surface area (Å²) in [6.45, 7) is 16.8. The van der Waals surface area contributed by atoms with E-state index in [0.29, 0.717) is 48.6 Å². The molecule has 1 saturated carbocycles. The zero-order chi connectivity index (χ0) is 36.2. The van der Waals surface area contributed by atoms with Crippen molar-refractivity contribution in [3.8, 4) is 17.0 Å². The van der Waals surface area contributed by atoms with Crippen molar-refractivity contribution in [2.45, 2.75) is 98.4 Å². The molecule has 1 spiro atoms. The number of ether oxygens (including phenoxy) is 4. The van der Waals surface area contributed by atoms with Crippen LogP contribution in [0, 0.1) is 19.3 Å². The van der Waals surface area contributed by atoms with Crippen LogP contribution in [0.1, 0.15) is 78.4 Å². The average Bonchev–Trinajstić information content (AvgIpc) is 3.01. The van der Waals surface area contributed by atoms with Crippen LogP contribution < -0.4 is 15.0 Å². The minimum atomic E-state index is -0.665. The molecular formula is C37H46ClN5O7. The zero-order valence-electron chi connectivity index (χ0n) is 30.1. The number of piperidine rings is 1. The number of aromatic nitrogens is 2. The van der Waals surface area contributed by atoms with E-state index in [1.165, 1.54) is 0 Å². The zero-order valence-corrected chi connectivity index (χ0v) is 30.8. The van der Waals surface area contributed by atoms with Crippen LogP contribution in [0.4, 0.5) is 25.9 Å². The molecule has 50 heavy (non-hydrogen) atoms. The van der Waals surface area contributed by atoms with Gasteiger partial charge in [-0.3, -0.25) is 10.2 Å². The Bertz CT molecular complexity index is 1830. The summed E-state index contributed by atoms with van der Waals surface area (Å²) in [5, 5.41) is 4.96. The third-order valence-corrected chi connectivity index (χ3v) is 9.99. The van der Waals surface area contributed by atoms with Gasteiger partial charge >= 0.3 is 18.3 Å². The van der Waals surface area contributed by atoms with Crippen LogP contribution in [0.2, 0.25) is 5.02 Å². The lowest BCUT2D eigenvalue weighted by atomic mass is 9.61. The molecule has 0 unspecified atom stereocenters. The van der Waals surface area contributed by atoms with Gasteiger partial charge in [0.1, 0.15) is 35.4 Å². The van der Waals surface area contributed by atoms with E-state index in [4.69, 9.17) is 30.5 Å². The summed E-state index contributed by atoms with van der Waals surface area (Å²) >= 11 is 6.95. The molecule has 0 radical (unpaired) electrons. The number of carbonyl (C=O) groups is 3. The highest BCUT2D eigenvalue weighted by molar-refractivity contribution is 6.35. The number of pyridine rings is 2. The number of anilines is 2. The molecule has 3 amide bonds. The first-order valence-corrected chi connectivity index (χ1v) is 17.5. The minimum Gasteiger partial charge on any atom is -0.474 e. The van der Waals surface area contributed by atoms with Crippen LogP contribution >= 0.6 is 11.6 Å². The van der Waals surface area contributed by atoms with E-state index in [9.17, 15) is 14.4 Å². The number of aryl methyl sites for hydroxylation is 1. The van der Waals surface area contributed by atoms with Gasteiger partial charge in [0.15, 0.2) is 0 Å². The second-order valence-electron chi connectivity index (χ2n) is 15.6. The SMILES string of the molecule is Cc1c(-c2cc3cc(NC(=O)OC4CC5(CCN(C(=O)OC(C)(C)C)CC5)C4)ncc3c(C)c2Cl)cnc2c1N(C(=O)OC(C)(C)C)CCO2. The number of benzene rings is 1. The van der Waals surface area contributed by atoms with Crippen molar-refractivity contribution in [1.29, 1.82) is 0 Å². The largest absolute Gasteiger partial charge is 0.474 e. The third-order valence-electron chi connectivity index (χ3n) is 9.51. The number of hydrogen-bond acceptors (Lipinski definition) is 9. The number of fused-ring (bicyclic) bond motifs is 2. The minimum absolute atomic E-state index is 0.0809. The van der Waals surface area contributed by atoms with Crippen LogP contribution in [0.3, 0.4) is 0 Å². The predicted molar refractivity (Wildman–Crippen MR) is 191 cm³/mol. The molecule has 1 N–H and O–H groups in total. The van der Waals surface area contributed by atoms with Gasteiger partial charge in [0.05, 0.1) is 11.6 Å². The first-order chi connectivity index (χ1) is 23.4. The van der Waals surface area contributed by atoms with Crippen molar-refractivity contribution in [2.75, 3.05) is 36.5 Å². The van der Waals surface area contributed by atoms with Gasteiger partial charge in [0.2, 0.25) is 5.88 Å². The van der Waals surface area contributed by atoms with Crippen LogP contribution in [0.25, 0.3) is 21.9 Å². The molecular weight excluding hydrogens is 662 g/mol. The monoisotopic (exact) mass is 707 g/mol. The molecule has 1 aliphatic carbocycles. The Morgan fingerprint density at radius 2 is 1.56 bits per heavy atom. The molecule has 6 rings (SSSR count). The molecule has 0 bridgehead atoms. The third kappa shape index (κ3) is 7.40. The molecule has 2 fully saturated rings. The number of carbonyl (C=O) groups excluding carboxylic acids is 3. The summed E-state index contributed by atoms with van der Waals surface area (Å²) in [6.07, 6.45) is 5.11. The van der Waals surface area contributed by atoms with Gasteiger partial charge < -0.3 is 23.8 Å². The molecule has 1 saturated heterocycles. The predicted octanol–water partition coefficient (Wildman–Crippen LogP) is 8.43. The Balaban J connectivity index is 1.14. The molecule has 12 nitrogen and oxygen atoms in total. The molecule has 1 aromatic carbocycles. The van der Waals surface area contributed by atoms with Gasteiger partial charge in [0.25, 0.3) is 0 Å². The van der Waals surface area contributed by atoms with Crippen molar-refractivity contribution >= 4 is 52.2 Å². The fourth-order valence-corrected chi connectivity index (χ4v) is 7.25. The van der Waals surface area contributed by atoms with E-state index in [2.05, 4.69) is 15.3 Å². The lowest BCUT2D eigenvalue weighted by Gasteiger charge is -2.51. The van der Waals surface area contributed by atoms with Crippen LogP contribution in [0.5, 0.6) is 5.88 Å². The van der Waals surface area contributed by atoms with Crippen molar-refractivity contribution in [1.82, 2.24) is 14.9 Å². The van der Waals surface area contributed by atoms with Crippen molar-refractivity contribution in [3.63, 3.8) is 0 Å². The molecule has 3 aliphatic rings. The van der Waals surface area contributed by atoms with E-state index in [1.807, 2.05) is 61.5 Å². The number of likely N-dealkylation sites (tertiary alicyclic amines) is 1. The lowest BCUT2D eigenvalue weighted by Crippen LogP contribution is -2.52. The smallest absolute Gasteiger partial charge is 0.415 e. The second kappa shape index (κ2) is 13.1. The van der Waals surface area contributed by atoms with E-state index in [1.54, 1.807) is 28.3 Å². The summed E-state index contributed by atoms with van der Waals surface area (Å²) in [7, 11) is 0. The number of amides is 3. The molecule has 2 aliphatic heterocycles. The van der Waals surface area contributed by atoms with Crippen molar-refractivity contribution in [3.05, 3.63) is 40.7 Å². The topological polar surface area (TPSA) is 132 Å². The highest BCUT2D eigenvalue weighted by Gasteiger charge is 2.48. The van der Waals surface area contributed by atoms with E-state index >= 15 is 0 Å². The number of halogens is 1. The fraction of sp³-hybridized carbons (Fsp3) is 0.541. The second-order valence-corrected chi connectivity index (χ2v) is 16.0. The maximum absolute atomic E-state index is 13.2. The Kier molecular flexibility index (Phi) is 9.30. The summed E-state index contributed by atoms with van der Waals surface area (Å²) < 4.78 is 22.8. The number of hydrogen-bond donors (Lipinski definition) is 1. The maximum atomic E-state index is 13.2. The number of nitrogens with one attached hydrogen (secondary N) is 1. The quantitative estimate of drug-likeness (QED) is 0.266. The molecule has 2 aromatic heterocycles. The summed E-state index contributed by atoms with van der Waals surface area (Å²) in [5.74, 6) is 0.703. The highest BCUT2D eigenvalue weighted by Crippen LogP contribution is 2.50. The highest BCUT2D eigenvalue weighted by atomic mass is 35.5. The van der Waals surface area contributed by atoms with Gasteiger partial charge in [-0.25, -0.2) is 24.4 Å². The van der Waals surface area contributed by atoms with E-state index < -0.39 is 23.4 Å². The number of rotatable bonds is 3. The Morgan fingerprint density at radius 3 is 2.22 bits per heavy atom. The van der Waals surface area contributed by atoms with Gasteiger partial charge in [-0.2, -0.15) is 0 Å².